The molecule has 1 aliphatic rings. The summed E-state index contributed by atoms with van der Waals surface area (Å²) >= 11 is 6.34. The molecular formula is C31H46ClN5O5S. The fourth-order valence-corrected chi connectivity index (χ4v) is 6.53. The molecule has 3 aromatic rings. The van der Waals surface area contributed by atoms with Gasteiger partial charge >= 0.3 is 5.97 Å². The molecule has 0 spiro atoms. The van der Waals surface area contributed by atoms with Crippen LogP contribution in [0.3, 0.4) is 0 Å². The maximum atomic E-state index is 13.4. The van der Waals surface area contributed by atoms with Crippen LogP contribution >= 0.6 is 11.6 Å². The molecule has 1 saturated heterocycles. The summed E-state index contributed by atoms with van der Waals surface area (Å²) in [4.78, 5) is 20.0. The van der Waals surface area contributed by atoms with Gasteiger partial charge in [-0.05, 0) is 57.9 Å². The van der Waals surface area contributed by atoms with Crippen LogP contribution in [0.5, 0.6) is 5.75 Å². The Morgan fingerprint density at radius 1 is 1.05 bits per heavy atom. The number of fused-ring (bicyclic) bond motifs is 1. The third-order valence-corrected chi connectivity index (χ3v) is 10.1. The summed E-state index contributed by atoms with van der Waals surface area (Å²) in [7, 11) is -2.95. The number of sulfone groups is 1. The minimum atomic E-state index is -2.95. The number of rotatable bonds is 16. The molecule has 0 bridgehead atoms. The molecule has 0 saturated carbocycles. The van der Waals surface area contributed by atoms with E-state index >= 15 is 0 Å². The van der Waals surface area contributed by atoms with Crippen molar-refractivity contribution in [1.82, 2.24) is 19.8 Å². The van der Waals surface area contributed by atoms with Crippen molar-refractivity contribution in [3.05, 3.63) is 40.8 Å². The highest BCUT2D eigenvalue weighted by Crippen LogP contribution is 2.27. The number of nitrogens with zero attached hydrogens (tertiary/aromatic N) is 4. The molecule has 1 atom stereocenters. The Labute approximate surface area is 260 Å². The number of nitrogens with one attached hydrogen (secondary N) is 1. The van der Waals surface area contributed by atoms with Gasteiger partial charge in [0.05, 0.1) is 22.6 Å². The van der Waals surface area contributed by atoms with Gasteiger partial charge in [-0.1, -0.05) is 63.5 Å². The smallest absolute Gasteiger partial charge is 0.347 e. The second-order valence-electron chi connectivity index (χ2n) is 12.2. The third kappa shape index (κ3) is 9.11. The lowest BCUT2D eigenvalue weighted by Gasteiger charge is -2.29. The van der Waals surface area contributed by atoms with E-state index in [-0.39, 0.29) is 18.1 Å². The van der Waals surface area contributed by atoms with Crippen LogP contribution < -0.4 is 9.64 Å². The number of hydrogen-bond donors (Lipinski definition) is 1. The summed E-state index contributed by atoms with van der Waals surface area (Å²) in [6.45, 7) is 8.95. The molecule has 10 nitrogen and oxygen atoms in total. The van der Waals surface area contributed by atoms with Gasteiger partial charge in [0.15, 0.2) is 27.4 Å². The van der Waals surface area contributed by atoms with Crippen molar-refractivity contribution in [2.75, 3.05) is 36.1 Å². The minimum absolute atomic E-state index is 0.0870. The van der Waals surface area contributed by atoms with Crippen molar-refractivity contribution in [2.24, 2.45) is 0 Å². The number of esters is 1. The van der Waals surface area contributed by atoms with Crippen LogP contribution in [0, 0.1) is 6.92 Å². The lowest BCUT2D eigenvalue weighted by molar-refractivity contribution is -0.154. The van der Waals surface area contributed by atoms with E-state index in [4.69, 9.17) is 21.1 Å². The van der Waals surface area contributed by atoms with Gasteiger partial charge in [-0.2, -0.15) is 4.63 Å². The molecule has 43 heavy (non-hydrogen) atoms. The van der Waals surface area contributed by atoms with Gasteiger partial charge in [0.2, 0.25) is 0 Å². The lowest BCUT2D eigenvalue weighted by Crippen LogP contribution is -2.40. The molecule has 238 valence electrons. The summed E-state index contributed by atoms with van der Waals surface area (Å²) in [5.41, 5.74) is 1.61. The van der Waals surface area contributed by atoms with Gasteiger partial charge < -0.3 is 14.4 Å². The zero-order valence-electron chi connectivity index (χ0n) is 25.9. The van der Waals surface area contributed by atoms with E-state index in [1.807, 2.05) is 45.0 Å². The number of halogens is 1. The van der Waals surface area contributed by atoms with Crippen molar-refractivity contribution in [3.8, 4) is 5.75 Å². The molecule has 1 N–H and O–H groups in total. The zero-order chi connectivity index (χ0) is 31.0. The second kappa shape index (κ2) is 14.8. The normalized spacial score (nSPS) is 16.0. The topological polar surface area (TPSA) is 119 Å². The zero-order valence-corrected chi connectivity index (χ0v) is 27.5. The lowest BCUT2D eigenvalue weighted by atomic mass is 9.94. The maximum Gasteiger partial charge on any atom is 0.347 e. The highest BCUT2D eigenvalue weighted by Gasteiger charge is 2.31. The first-order valence-electron chi connectivity index (χ1n) is 15.5. The average molecular weight is 636 g/mol. The molecule has 3 heterocycles. The Kier molecular flexibility index (Phi) is 11.4. The van der Waals surface area contributed by atoms with Gasteiger partial charge in [-0.3, -0.25) is 5.10 Å². The van der Waals surface area contributed by atoms with Crippen molar-refractivity contribution in [3.63, 3.8) is 0 Å². The SMILES string of the molecule is CCCCCCCCCCC(Oc1ccc(N2CCS(=O)(=O)CC2)cc1)C(=O)OCC(C)(C)c1nc2c(Cl)c(C)[nH]n2n1. The molecule has 0 amide bonds. The predicted octanol–water partition coefficient (Wildman–Crippen LogP) is 6.05. The van der Waals surface area contributed by atoms with Gasteiger partial charge in [0.1, 0.15) is 17.4 Å². The van der Waals surface area contributed by atoms with Crippen LogP contribution in [0.4, 0.5) is 5.69 Å². The number of hydrogen-bond acceptors (Lipinski definition) is 8. The Hall–Kier alpha value is -2.79. The molecule has 12 heteroatoms. The summed E-state index contributed by atoms with van der Waals surface area (Å²) in [5.74, 6) is 0.996. The summed E-state index contributed by atoms with van der Waals surface area (Å²) in [6, 6.07) is 7.49. The number of unbranched alkanes of at least 4 members (excludes halogenated alkanes) is 7. The van der Waals surface area contributed by atoms with Crippen LogP contribution in [0.2, 0.25) is 5.02 Å². The predicted molar refractivity (Wildman–Crippen MR) is 170 cm³/mol. The molecule has 1 aliphatic heterocycles. The first-order valence-corrected chi connectivity index (χ1v) is 17.7. The van der Waals surface area contributed by atoms with Crippen LogP contribution in [0.15, 0.2) is 24.3 Å². The van der Waals surface area contributed by atoms with Crippen molar-refractivity contribution in [2.45, 2.75) is 97.0 Å². The Morgan fingerprint density at radius 2 is 1.67 bits per heavy atom. The van der Waals surface area contributed by atoms with Crippen molar-refractivity contribution < 1.29 is 22.7 Å². The van der Waals surface area contributed by atoms with Crippen LogP contribution in [-0.2, 0) is 24.8 Å². The average Bonchev–Trinajstić information content (AvgIpc) is 3.52. The quantitative estimate of drug-likeness (QED) is 0.149. The van der Waals surface area contributed by atoms with E-state index < -0.39 is 27.3 Å². The summed E-state index contributed by atoms with van der Waals surface area (Å²) in [5, 5.41) is 8.09. The molecule has 4 rings (SSSR count). The number of aromatic amines is 1. The van der Waals surface area contributed by atoms with E-state index in [2.05, 4.69) is 27.0 Å². The van der Waals surface area contributed by atoms with Crippen LogP contribution in [0.25, 0.3) is 5.65 Å². The Bertz CT molecular complexity index is 1440. The highest BCUT2D eigenvalue weighted by molar-refractivity contribution is 7.91. The number of H-pyrrole nitrogens is 1. The van der Waals surface area contributed by atoms with Crippen LogP contribution in [0.1, 0.15) is 90.1 Å². The van der Waals surface area contributed by atoms with Gasteiger partial charge in [-0.25, -0.2) is 18.2 Å². The minimum Gasteiger partial charge on any atom is -0.479 e. The first kappa shape index (κ1) is 33.1. The highest BCUT2D eigenvalue weighted by atomic mass is 35.5. The number of anilines is 1. The van der Waals surface area contributed by atoms with E-state index in [0.29, 0.717) is 41.8 Å². The number of aryl methyl sites for hydroxylation is 1. The van der Waals surface area contributed by atoms with Gasteiger partial charge in [0.25, 0.3) is 0 Å². The number of aromatic nitrogens is 4. The molecule has 2 aromatic heterocycles. The third-order valence-electron chi connectivity index (χ3n) is 7.99. The van der Waals surface area contributed by atoms with E-state index in [0.717, 1.165) is 30.6 Å². The van der Waals surface area contributed by atoms with Crippen molar-refractivity contribution in [1.29, 1.82) is 0 Å². The van der Waals surface area contributed by atoms with Gasteiger partial charge in [0, 0.05) is 18.8 Å². The summed E-state index contributed by atoms with van der Waals surface area (Å²) in [6.07, 6.45) is 9.10. The molecule has 0 aliphatic carbocycles. The second-order valence-corrected chi connectivity index (χ2v) is 14.9. The largest absolute Gasteiger partial charge is 0.479 e. The van der Waals surface area contributed by atoms with Crippen LogP contribution in [-0.4, -0.2) is 71.5 Å². The molecule has 1 fully saturated rings. The fourth-order valence-electron chi connectivity index (χ4n) is 5.16. The van der Waals surface area contributed by atoms with E-state index in [1.54, 1.807) is 0 Å². The van der Waals surface area contributed by atoms with E-state index in [9.17, 15) is 13.2 Å². The maximum absolute atomic E-state index is 13.4. The summed E-state index contributed by atoms with van der Waals surface area (Å²) < 4.78 is 37.2. The number of ether oxygens (including phenoxy) is 2. The standard InChI is InChI=1S/C31H46ClN5O5S/c1-5-6-7-8-9-10-11-12-13-26(42-25-16-14-24(15-17-25)36-18-20-43(39,40)21-19-36)29(38)41-22-31(3,4)30-33-28-27(32)23(2)34-37(28)35-30/h14-17,26,34H,5-13,18-22H2,1-4H3. The molecule has 1 aromatic carbocycles. The Balaban J connectivity index is 1.36. The monoisotopic (exact) mass is 635 g/mol. The molecule has 1 unspecified atom stereocenters. The number of benzene rings is 1. The fraction of sp³-hybridized carbons (Fsp3) is 0.645. The number of carbonyl (C=O) groups is 1. The van der Waals surface area contributed by atoms with Gasteiger partial charge in [-0.15, -0.1) is 5.10 Å². The Morgan fingerprint density at radius 3 is 2.30 bits per heavy atom. The number of carbonyl (C=O) groups excluding carboxylic acids is 1. The van der Waals surface area contributed by atoms with E-state index in [1.165, 1.54) is 36.7 Å². The molecular weight excluding hydrogens is 590 g/mol. The molecule has 0 radical (unpaired) electrons. The van der Waals surface area contributed by atoms with Crippen molar-refractivity contribution >= 4 is 38.7 Å². The first-order chi connectivity index (χ1) is 20.5.